The van der Waals surface area contributed by atoms with Crippen molar-refractivity contribution in [1.82, 2.24) is 0 Å². The van der Waals surface area contributed by atoms with E-state index >= 15 is 0 Å². The summed E-state index contributed by atoms with van der Waals surface area (Å²) in [6, 6.07) is 11.1. The number of aliphatic hydroxyl groups is 1. The number of rotatable bonds is 4. The summed E-state index contributed by atoms with van der Waals surface area (Å²) in [5, 5.41) is 22.4. The molecule has 2 aromatic rings. The lowest BCUT2D eigenvalue weighted by Crippen LogP contribution is -2.41. The van der Waals surface area contributed by atoms with Gasteiger partial charge < -0.3 is 5.11 Å². The van der Waals surface area contributed by atoms with Crippen molar-refractivity contribution in [1.29, 1.82) is 0 Å². The minimum absolute atomic E-state index is 0.0142. The molecular formula is C25H27N3O5S. The van der Waals surface area contributed by atoms with E-state index < -0.39 is 20.1 Å². The number of ketones is 1. The molecule has 1 aliphatic carbocycles. The van der Waals surface area contributed by atoms with Crippen molar-refractivity contribution in [3.05, 3.63) is 69.3 Å². The lowest BCUT2D eigenvalue weighted by atomic mass is 9.65. The summed E-state index contributed by atoms with van der Waals surface area (Å²) in [6.07, 6.45) is 2.65. The largest absolute Gasteiger partial charge is 0.506 e. The second kappa shape index (κ2) is 7.87. The molecule has 0 saturated heterocycles. The number of hydrogen-bond acceptors (Lipinski definition) is 7. The first kappa shape index (κ1) is 23.8. The number of non-ortho nitro benzene ring substituents is 1. The zero-order valence-electron chi connectivity index (χ0n) is 19.8. The van der Waals surface area contributed by atoms with Crippen molar-refractivity contribution in [3.63, 3.8) is 0 Å². The zero-order chi connectivity index (χ0) is 25.1. The molecule has 0 spiro atoms. The third kappa shape index (κ3) is 3.94. The molecule has 0 bridgehead atoms. The van der Waals surface area contributed by atoms with Crippen LogP contribution >= 0.6 is 0 Å². The van der Waals surface area contributed by atoms with Crippen LogP contribution in [0.15, 0.2) is 62.3 Å². The number of fused-ring (bicyclic) bond motifs is 2. The Bertz CT molecular complexity index is 1420. The third-order valence-electron chi connectivity index (χ3n) is 6.39. The second-order valence-corrected chi connectivity index (χ2v) is 12.5. The number of carbonyl (C=O) groups is 1. The van der Waals surface area contributed by atoms with Crippen LogP contribution in [-0.2, 0) is 19.9 Å². The maximum atomic E-state index is 14.0. The average molecular weight is 482 g/mol. The minimum atomic E-state index is -3.15. The normalized spacial score (nSPS) is 24.1. The van der Waals surface area contributed by atoms with Crippen molar-refractivity contribution >= 4 is 38.5 Å². The number of benzene rings is 2. The number of Topliss-reactive ketones (excluding diaryl/α,β-unsaturated/α-hetero) is 1. The predicted molar refractivity (Wildman–Crippen MR) is 132 cm³/mol. The van der Waals surface area contributed by atoms with Crippen LogP contribution in [0.3, 0.4) is 0 Å². The molecule has 0 saturated carbocycles. The molecule has 34 heavy (non-hydrogen) atoms. The first-order chi connectivity index (χ1) is 15.7. The van der Waals surface area contributed by atoms with Crippen LogP contribution in [0.1, 0.15) is 51.7 Å². The Balaban J connectivity index is 1.92. The smallest absolute Gasteiger partial charge is 0.270 e. The van der Waals surface area contributed by atoms with E-state index in [4.69, 9.17) is 0 Å². The van der Waals surface area contributed by atoms with Gasteiger partial charge in [0.2, 0.25) is 0 Å². The van der Waals surface area contributed by atoms with E-state index in [1.807, 2.05) is 19.1 Å². The topological polar surface area (TPSA) is 122 Å². The highest BCUT2D eigenvalue weighted by atomic mass is 32.2. The van der Waals surface area contributed by atoms with E-state index in [0.29, 0.717) is 12.0 Å². The van der Waals surface area contributed by atoms with Crippen LogP contribution in [-0.4, -0.2) is 32.1 Å². The van der Waals surface area contributed by atoms with Gasteiger partial charge in [0.1, 0.15) is 11.3 Å². The highest BCUT2D eigenvalue weighted by molar-refractivity contribution is 7.93. The quantitative estimate of drug-likeness (QED) is 0.441. The Morgan fingerprint density at radius 3 is 2.50 bits per heavy atom. The highest BCUT2D eigenvalue weighted by Crippen LogP contribution is 2.45. The Morgan fingerprint density at radius 2 is 1.85 bits per heavy atom. The lowest BCUT2D eigenvalue weighted by molar-refractivity contribution is -0.385. The summed E-state index contributed by atoms with van der Waals surface area (Å²) >= 11 is 0. The maximum Gasteiger partial charge on any atom is 0.270 e. The maximum absolute atomic E-state index is 14.0. The van der Waals surface area contributed by atoms with E-state index in [2.05, 4.69) is 30.1 Å². The van der Waals surface area contributed by atoms with Gasteiger partial charge in [-0.3, -0.25) is 14.9 Å². The van der Waals surface area contributed by atoms with Gasteiger partial charge in [-0.15, -0.1) is 0 Å². The number of hydrogen-bond donors (Lipinski definition) is 1. The summed E-state index contributed by atoms with van der Waals surface area (Å²) in [5.41, 5.74) is 0.230. The Kier molecular flexibility index (Phi) is 5.51. The molecule has 2 aromatic carbocycles. The number of aliphatic imine (C=N–C) groups is 1. The second-order valence-electron chi connectivity index (χ2n) is 10.2. The first-order valence-corrected chi connectivity index (χ1v) is 12.8. The molecule has 1 unspecified atom stereocenters. The SMILES string of the molecule is CC(C)(C)CC[C@@]1(C)C(=O)C(C2=Nc3ccc([N+](=O)[O-])cc3S(C)(=O)=N2)=C(O)c2ccccc21. The van der Waals surface area contributed by atoms with E-state index in [9.17, 15) is 24.2 Å². The molecule has 4 rings (SSSR count). The fourth-order valence-corrected chi connectivity index (χ4v) is 5.76. The van der Waals surface area contributed by atoms with Crippen molar-refractivity contribution in [2.75, 3.05) is 6.26 Å². The average Bonchev–Trinajstić information content (AvgIpc) is 2.75. The molecule has 9 heteroatoms. The molecule has 0 radical (unpaired) electrons. The molecule has 0 aromatic heterocycles. The lowest BCUT2D eigenvalue weighted by Gasteiger charge is -2.37. The van der Waals surface area contributed by atoms with Gasteiger partial charge in [0.25, 0.3) is 5.69 Å². The number of nitro benzene ring substituents is 1. The fourth-order valence-electron chi connectivity index (χ4n) is 4.35. The number of nitrogens with zero attached hydrogens (tertiary/aromatic N) is 3. The Hall–Kier alpha value is -3.33. The van der Waals surface area contributed by atoms with Gasteiger partial charge >= 0.3 is 0 Å². The van der Waals surface area contributed by atoms with Crippen molar-refractivity contribution in [2.45, 2.75) is 50.8 Å². The summed E-state index contributed by atoms with van der Waals surface area (Å²) in [6.45, 7) is 8.17. The number of aliphatic hydroxyl groups excluding tert-OH is 1. The molecule has 1 aliphatic heterocycles. The number of amidine groups is 1. The van der Waals surface area contributed by atoms with Gasteiger partial charge in [-0.1, -0.05) is 45.0 Å². The van der Waals surface area contributed by atoms with E-state index in [1.165, 1.54) is 24.5 Å². The summed E-state index contributed by atoms with van der Waals surface area (Å²) < 4.78 is 17.7. The van der Waals surface area contributed by atoms with Gasteiger partial charge in [-0.25, -0.2) is 9.20 Å². The van der Waals surface area contributed by atoms with Gasteiger partial charge in [0, 0.05) is 24.0 Å². The zero-order valence-corrected chi connectivity index (χ0v) is 20.6. The number of nitro groups is 1. The first-order valence-electron chi connectivity index (χ1n) is 10.9. The Labute approximate surface area is 198 Å². The van der Waals surface area contributed by atoms with Gasteiger partial charge in [-0.2, -0.15) is 4.36 Å². The molecule has 2 aliphatic rings. The highest BCUT2D eigenvalue weighted by Gasteiger charge is 2.46. The fraction of sp³-hybridized carbons (Fsp3) is 0.360. The van der Waals surface area contributed by atoms with Crippen LogP contribution in [0, 0.1) is 15.5 Å². The summed E-state index contributed by atoms with van der Waals surface area (Å²) in [4.78, 5) is 29.1. The molecule has 1 N–H and O–H groups in total. The van der Waals surface area contributed by atoms with Crippen molar-refractivity contribution in [3.8, 4) is 0 Å². The minimum Gasteiger partial charge on any atom is -0.506 e. The summed E-state index contributed by atoms with van der Waals surface area (Å²) in [5.74, 6) is -0.708. The van der Waals surface area contributed by atoms with Crippen LogP contribution < -0.4 is 0 Å². The van der Waals surface area contributed by atoms with E-state index in [-0.39, 0.29) is 44.6 Å². The van der Waals surface area contributed by atoms with Crippen LogP contribution in [0.5, 0.6) is 0 Å². The number of carbonyl (C=O) groups excluding carboxylic acids is 1. The van der Waals surface area contributed by atoms with E-state index in [1.54, 1.807) is 12.1 Å². The van der Waals surface area contributed by atoms with Gasteiger partial charge in [0.15, 0.2) is 11.6 Å². The van der Waals surface area contributed by atoms with E-state index in [0.717, 1.165) is 12.0 Å². The molecule has 8 nitrogen and oxygen atoms in total. The van der Waals surface area contributed by atoms with Gasteiger partial charge in [-0.05, 0) is 36.8 Å². The van der Waals surface area contributed by atoms with Crippen molar-refractivity contribution in [2.24, 2.45) is 14.8 Å². The summed E-state index contributed by atoms with van der Waals surface area (Å²) in [7, 11) is -3.15. The third-order valence-corrected chi connectivity index (χ3v) is 8.05. The van der Waals surface area contributed by atoms with Crippen molar-refractivity contribution < 1.29 is 19.0 Å². The molecule has 178 valence electrons. The predicted octanol–water partition coefficient (Wildman–Crippen LogP) is 5.73. The van der Waals surface area contributed by atoms with Crippen LogP contribution in [0.4, 0.5) is 11.4 Å². The van der Waals surface area contributed by atoms with Gasteiger partial charge in [0.05, 0.1) is 30.7 Å². The molecule has 0 fully saturated rings. The standard InChI is InChI=1S/C25H27N3O5S/c1-24(2,3)12-13-25(4)17-9-7-6-8-16(17)21(29)20(22(25)30)23-26-18-11-10-15(28(31)32)14-19(18)34(5,33)27-23/h6-11,14,29H,12-13H2,1-5H3/t25-,34?/m1/s1. The molecule has 2 atom stereocenters. The monoisotopic (exact) mass is 481 g/mol. The molecular weight excluding hydrogens is 454 g/mol. The Morgan fingerprint density at radius 1 is 1.18 bits per heavy atom. The molecule has 1 heterocycles. The molecule has 0 amide bonds. The van der Waals surface area contributed by atoms with Crippen LogP contribution in [0.2, 0.25) is 0 Å². The van der Waals surface area contributed by atoms with Crippen LogP contribution in [0.25, 0.3) is 5.76 Å².